The largest absolute Gasteiger partial charge is 0.357 e. The van der Waals surface area contributed by atoms with Crippen molar-refractivity contribution in [2.24, 2.45) is 10.9 Å². The Balaban J connectivity index is 0.00000361. The maximum atomic E-state index is 5.77. The molecule has 0 saturated carbocycles. The summed E-state index contributed by atoms with van der Waals surface area (Å²) in [7, 11) is 0. The molecule has 0 bridgehead atoms. The smallest absolute Gasteiger partial charge is 0.191 e. The van der Waals surface area contributed by atoms with Crippen LogP contribution in [0, 0.1) is 5.92 Å². The molecule has 118 valence electrons. The number of likely N-dealkylation sites (tertiary alicyclic amines) is 1. The lowest BCUT2D eigenvalue weighted by Crippen LogP contribution is -2.46. The van der Waals surface area contributed by atoms with Crippen molar-refractivity contribution in [2.45, 2.75) is 39.8 Å². The molecule has 1 aliphatic heterocycles. The van der Waals surface area contributed by atoms with E-state index in [1.54, 1.807) is 0 Å². The highest BCUT2D eigenvalue weighted by Gasteiger charge is 2.31. The highest BCUT2D eigenvalue weighted by Crippen LogP contribution is 2.18. The van der Waals surface area contributed by atoms with Crippen LogP contribution >= 0.6 is 35.6 Å². The first-order chi connectivity index (χ1) is 8.93. The minimum atomic E-state index is 0. The van der Waals surface area contributed by atoms with Gasteiger partial charge in [0.15, 0.2) is 5.96 Å². The van der Waals surface area contributed by atoms with Gasteiger partial charge in [-0.1, -0.05) is 25.1 Å². The van der Waals surface area contributed by atoms with Crippen LogP contribution in [-0.4, -0.2) is 49.1 Å². The Morgan fingerprint density at radius 3 is 2.55 bits per heavy atom. The molecule has 2 unspecified atom stereocenters. The number of hydrogen-bond donors (Lipinski definition) is 2. The molecule has 0 aromatic carbocycles. The molecule has 2 N–H and O–H groups in total. The Morgan fingerprint density at radius 1 is 1.45 bits per heavy atom. The van der Waals surface area contributed by atoms with Gasteiger partial charge in [0.25, 0.3) is 0 Å². The van der Waals surface area contributed by atoms with Gasteiger partial charge in [-0.2, -0.15) is 0 Å². The van der Waals surface area contributed by atoms with E-state index in [1.165, 1.54) is 0 Å². The van der Waals surface area contributed by atoms with Crippen LogP contribution in [0.4, 0.5) is 0 Å². The van der Waals surface area contributed by atoms with Gasteiger partial charge in [0, 0.05) is 36.8 Å². The van der Waals surface area contributed by atoms with Gasteiger partial charge in [-0.05, 0) is 26.7 Å². The van der Waals surface area contributed by atoms with Crippen LogP contribution < -0.4 is 10.6 Å². The van der Waals surface area contributed by atoms with Crippen molar-refractivity contribution in [3.05, 3.63) is 11.6 Å². The van der Waals surface area contributed by atoms with Gasteiger partial charge in [-0.3, -0.25) is 4.90 Å². The lowest BCUT2D eigenvalue weighted by molar-refractivity contribution is 0.265. The summed E-state index contributed by atoms with van der Waals surface area (Å²) in [4.78, 5) is 6.92. The lowest BCUT2D eigenvalue weighted by Gasteiger charge is -2.21. The minimum absolute atomic E-state index is 0. The average Bonchev–Trinajstić information content (AvgIpc) is 2.68. The number of nitrogens with one attached hydrogen (secondary N) is 2. The first kappa shape index (κ1) is 20.0. The van der Waals surface area contributed by atoms with Gasteiger partial charge in [0.1, 0.15) is 0 Å². The van der Waals surface area contributed by atoms with Crippen LogP contribution in [-0.2, 0) is 0 Å². The quantitative estimate of drug-likeness (QED) is 0.413. The Kier molecular flexibility index (Phi) is 9.84. The molecule has 1 aliphatic rings. The summed E-state index contributed by atoms with van der Waals surface area (Å²) in [5.41, 5.74) is 0. The summed E-state index contributed by atoms with van der Waals surface area (Å²) in [6.45, 7) is 16.0. The molecule has 1 saturated heterocycles. The number of aliphatic imine (C=N–C) groups is 1. The fourth-order valence-electron chi connectivity index (χ4n) is 2.27. The molecule has 20 heavy (non-hydrogen) atoms. The first-order valence-corrected chi connectivity index (χ1v) is 7.44. The molecule has 2 atom stereocenters. The van der Waals surface area contributed by atoms with Crippen molar-refractivity contribution in [2.75, 3.05) is 26.2 Å². The van der Waals surface area contributed by atoms with Crippen LogP contribution in [0.1, 0.15) is 27.7 Å². The molecule has 4 nitrogen and oxygen atoms in total. The second-order valence-corrected chi connectivity index (χ2v) is 6.02. The van der Waals surface area contributed by atoms with Crippen molar-refractivity contribution in [3.63, 3.8) is 0 Å². The predicted molar refractivity (Wildman–Crippen MR) is 99.2 cm³/mol. The van der Waals surface area contributed by atoms with Crippen molar-refractivity contribution in [3.8, 4) is 0 Å². The van der Waals surface area contributed by atoms with Gasteiger partial charge in [-0.15, -0.1) is 24.0 Å². The van der Waals surface area contributed by atoms with Gasteiger partial charge in [-0.25, -0.2) is 4.99 Å². The summed E-state index contributed by atoms with van der Waals surface area (Å²) in [5.74, 6) is 1.44. The standard InChI is InChI=1S/C14H27ClN4.HI/c1-6-16-14(17-7-12(5)15)18-13-9-19(10(2)3)8-11(13)4;/h10-11,13H,5-9H2,1-4H3,(H2,16,17,18);1H. The normalized spacial score (nSPS) is 23.6. The molecule has 1 rings (SSSR count). The molecular weight excluding hydrogens is 387 g/mol. The summed E-state index contributed by atoms with van der Waals surface area (Å²) in [6, 6.07) is 1.03. The second kappa shape index (κ2) is 9.84. The van der Waals surface area contributed by atoms with E-state index in [0.29, 0.717) is 29.6 Å². The molecule has 0 aromatic rings. The van der Waals surface area contributed by atoms with E-state index < -0.39 is 0 Å². The Hall–Kier alpha value is -0.0100. The molecule has 0 aromatic heterocycles. The Bertz CT molecular complexity index is 333. The van der Waals surface area contributed by atoms with E-state index in [-0.39, 0.29) is 24.0 Å². The van der Waals surface area contributed by atoms with Crippen molar-refractivity contribution < 1.29 is 0 Å². The highest BCUT2D eigenvalue weighted by atomic mass is 127. The third kappa shape index (κ3) is 6.63. The van der Waals surface area contributed by atoms with Gasteiger partial charge >= 0.3 is 0 Å². The van der Waals surface area contributed by atoms with E-state index in [1.807, 2.05) is 0 Å². The van der Waals surface area contributed by atoms with E-state index in [4.69, 9.17) is 11.6 Å². The van der Waals surface area contributed by atoms with Crippen molar-refractivity contribution >= 4 is 41.5 Å². The van der Waals surface area contributed by atoms with Crippen LogP contribution in [0.3, 0.4) is 0 Å². The fraction of sp³-hybridized carbons (Fsp3) is 0.786. The zero-order chi connectivity index (χ0) is 14.4. The van der Waals surface area contributed by atoms with Gasteiger partial charge in [0.05, 0.1) is 6.54 Å². The zero-order valence-corrected chi connectivity index (χ0v) is 16.0. The molecule has 1 heterocycles. The minimum Gasteiger partial charge on any atom is -0.357 e. The molecule has 0 spiro atoms. The zero-order valence-electron chi connectivity index (χ0n) is 12.9. The maximum Gasteiger partial charge on any atom is 0.191 e. The van der Waals surface area contributed by atoms with Crippen molar-refractivity contribution in [1.82, 2.24) is 15.5 Å². The summed E-state index contributed by atoms with van der Waals surface area (Å²) in [6.07, 6.45) is 0. The number of guanidine groups is 1. The van der Waals surface area contributed by atoms with Crippen LogP contribution in [0.5, 0.6) is 0 Å². The predicted octanol–water partition coefficient (Wildman–Crippen LogP) is 2.64. The average molecular weight is 415 g/mol. The number of nitrogens with zero attached hydrogens (tertiary/aromatic N) is 2. The molecule has 0 radical (unpaired) electrons. The third-order valence-electron chi connectivity index (χ3n) is 3.45. The lowest BCUT2D eigenvalue weighted by atomic mass is 10.1. The number of hydrogen-bond acceptors (Lipinski definition) is 2. The third-order valence-corrected chi connectivity index (χ3v) is 3.57. The maximum absolute atomic E-state index is 5.77. The second-order valence-electron chi connectivity index (χ2n) is 5.49. The summed E-state index contributed by atoms with van der Waals surface area (Å²) >= 11 is 5.77. The first-order valence-electron chi connectivity index (χ1n) is 7.06. The Labute approximate surface area is 145 Å². The molecule has 1 fully saturated rings. The summed E-state index contributed by atoms with van der Waals surface area (Å²) in [5, 5.41) is 7.31. The summed E-state index contributed by atoms with van der Waals surface area (Å²) < 4.78 is 0. The van der Waals surface area contributed by atoms with Crippen molar-refractivity contribution in [1.29, 1.82) is 0 Å². The van der Waals surface area contributed by atoms with Gasteiger partial charge < -0.3 is 10.6 Å². The van der Waals surface area contributed by atoms with Crippen LogP contribution in [0.15, 0.2) is 16.6 Å². The van der Waals surface area contributed by atoms with E-state index in [0.717, 1.165) is 25.6 Å². The van der Waals surface area contributed by atoms with E-state index >= 15 is 0 Å². The van der Waals surface area contributed by atoms with Crippen LogP contribution in [0.25, 0.3) is 0 Å². The van der Waals surface area contributed by atoms with Gasteiger partial charge in [0.2, 0.25) is 0 Å². The topological polar surface area (TPSA) is 39.7 Å². The Morgan fingerprint density at radius 2 is 2.10 bits per heavy atom. The molecular formula is C14H28ClIN4. The van der Waals surface area contributed by atoms with E-state index in [2.05, 4.69) is 54.8 Å². The number of rotatable bonds is 5. The molecule has 0 aliphatic carbocycles. The molecule has 6 heteroatoms. The van der Waals surface area contributed by atoms with Crippen LogP contribution in [0.2, 0.25) is 0 Å². The SMILES string of the molecule is C=C(Cl)CN=C(NCC)NC1CN(C(C)C)CC1C.I. The number of halogens is 2. The molecule has 0 amide bonds. The fourth-order valence-corrected chi connectivity index (χ4v) is 2.33. The van der Waals surface area contributed by atoms with E-state index in [9.17, 15) is 0 Å². The highest BCUT2D eigenvalue weighted by molar-refractivity contribution is 14.0. The monoisotopic (exact) mass is 414 g/mol.